The molecule has 2 N–H and O–H groups in total. The minimum Gasteiger partial charge on any atom is -0.340 e. The van der Waals surface area contributed by atoms with Gasteiger partial charge in [-0.1, -0.05) is 12.8 Å². The van der Waals surface area contributed by atoms with E-state index in [0.29, 0.717) is 0 Å². The molecule has 0 rings (SSSR count). The molecule has 4 heteroatoms. The largest absolute Gasteiger partial charge is 0.340 e. The van der Waals surface area contributed by atoms with Gasteiger partial charge in [0.15, 0.2) is 9.03 Å². The predicted molar refractivity (Wildman–Crippen MR) is 48.8 cm³/mol. The smallest absolute Gasteiger partial charge is 0.154 e. The van der Waals surface area contributed by atoms with E-state index in [1.807, 2.05) is 0 Å². The van der Waals surface area contributed by atoms with Crippen LogP contribution in [0.3, 0.4) is 0 Å². The van der Waals surface area contributed by atoms with Crippen molar-refractivity contribution < 1.29 is 9.05 Å². The lowest BCUT2D eigenvalue weighted by molar-refractivity contribution is 0.292. The standard InChI is InChI=1S/C7H18NO2P/c1-9-11-10-7-5-3-2-4-6-8/h11H,2-8H2,1H3. The Bertz CT molecular complexity index is 65.5. The van der Waals surface area contributed by atoms with Crippen molar-refractivity contribution in [3.05, 3.63) is 0 Å². The van der Waals surface area contributed by atoms with Gasteiger partial charge >= 0.3 is 0 Å². The van der Waals surface area contributed by atoms with Crippen molar-refractivity contribution in [1.82, 2.24) is 0 Å². The Morgan fingerprint density at radius 2 is 1.91 bits per heavy atom. The molecule has 0 spiro atoms. The van der Waals surface area contributed by atoms with E-state index in [-0.39, 0.29) is 9.03 Å². The highest BCUT2D eigenvalue weighted by atomic mass is 31.1. The van der Waals surface area contributed by atoms with E-state index >= 15 is 0 Å². The molecule has 0 saturated carbocycles. The summed E-state index contributed by atoms with van der Waals surface area (Å²) in [5.41, 5.74) is 5.34. The molecule has 11 heavy (non-hydrogen) atoms. The molecule has 0 aliphatic rings. The van der Waals surface area contributed by atoms with Gasteiger partial charge in [0, 0.05) is 7.11 Å². The van der Waals surface area contributed by atoms with Gasteiger partial charge in [0.25, 0.3) is 0 Å². The number of hydrogen-bond acceptors (Lipinski definition) is 3. The lowest BCUT2D eigenvalue weighted by atomic mass is 10.2. The van der Waals surface area contributed by atoms with Gasteiger partial charge in [-0.15, -0.1) is 0 Å². The van der Waals surface area contributed by atoms with E-state index in [4.69, 9.17) is 14.8 Å². The van der Waals surface area contributed by atoms with Crippen LogP contribution in [0.2, 0.25) is 0 Å². The summed E-state index contributed by atoms with van der Waals surface area (Å²) >= 11 is 0. The van der Waals surface area contributed by atoms with Gasteiger partial charge in [-0.05, 0) is 19.4 Å². The van der Waals surface area contributed by atoms with Crippen molar-refractivity contribution in [2.45, 2.75) is 25.7 Å². The number of rotatable bonds is 8. The lowest BCUT2D eigenvalue weighted by Crippen LogP contribution is -1.98. The number of unbranched alkanes of at least 4 members (excludes halogenated alkanes) is 3. The fourth-order valence-corrected chi connectivity index (χ4v) is 1.12. The molecular weight excluding hydrogens is 161 g/mol. The van der Waals surface area contributed by atoms with Gasteiger partial charge in [-0.3, -0.25) is 0 Å². The van der Waals surface area contributed by atoms with Crippen molar-refractivity contribution in [3.63, 3.8) is 0 Å². The number of nitrogens with two attached hydrogens (primary N) is 1. The van der Waals surface area contributed by atoms with Gasteiger partial charge in [-0.25, -0.2) is 0 Å². The molecule has 0 aromatic carbocycles. The van der Waals surface area contributed by atoms with E-state index < -0.39 is 0 Å². The summed E-state index contributed by atoms with van der Waals surface area (Å²) in [6.45, 7) is 1.62. The minimum absolute atomic E-state index is 0.202. The first-order valence-corrected chi connectivity index (χ1v) is 4.83. The van der Waals surface area contributed by atoms with Crippen LogP contribution in [0.25, 0.3) is 0 Å². The molecule has 1 unspecified atom stereocenters. The number of hydrogen-bond donors (Lipinski definition) is 1. The highest BCUT2D eigenvalue weighted by Gasteiger charge is 1.88. The zero-order chi connectivity index (χ0) is 8.36. The van der Waals surface area contributed by atoms with E-state index in [1.165, 1.54) is 12.8 Å². The van der Waals surface area contributed by atoms with E-state index in [0.717, 1.165) is 26.0 Å². The van der Waals surface area contributed by atoms with Gasteiger partial charge in [0.1, 0.15) is 0 Å². The summed E-state index contributed by atoms with van der Waals surface area (Å²) in [5, 5.41) is 0. The zero-order valence-corrected chi connectivity index (χ0v) is 8.14. The maximum Gasteiger partial charge on any atom is 0.154 e. The summed E-state index contributed by atoms with van der Waals surface area (Å²) in [7, 11) is 1.85. The Hall–Kier alpha value is 0.310. The van der Waals surface area contributed by atoms with Crippen molar-refractivity contribution in [2.75, 3.05) is 20.3 Å². The second-order valence-electron chi connectivity index (χ2n) is 2.34. The molecule has 0 amide bonds. The third-order valence-electron chi connectivity index (χ3n) is 1.34. The van der Waals surface area contributed by atoms with Crippen LogP contribution in [-0.2, 0) is 9.05 Å². The summed E-state index contributed by atoms with van der Waals surface area (Å²) in [6, 6.07) is 0. The van der Waals surface area contributed by atoms with E-state index in [9.17, 15) is 0 Å². The molecule has 0 saturated heterocycles. The zero-order valence-electron chi connectivity index (χ0n) is 7.14. The van der Waals surface area contributed by atoms with Crippen LogP contribution in [0.5, 0.6) is 0 Å². The second kappa shape index (κ2) is 10.3. The molecule has 0 aliphatic heterocycles. The van der Waals surface area contributed by atoms with Crippen molar-refractivity contribution in [2.24, 2.45) is 5.73 Å². The highest BCUT2D eigenvalue weighted by Crippen LogP contribution is 2.12. The molecule has 0 aromatic rings. The summed E-state index contributed by atoms with van der Waals surface area (Å²) < 4.78 is 9.89. The Balaban J connectivity index is 2.69. The topological polar surface area (TPSA) is 44.5 Å². The fourth-order valence-electron chi connectivity index (χ4n) is 0.773. The molecule has 1 atom stereocenters. The average molecular weight is 179 g/mol. The van der Waals surface area contributed by atoms with Crippen LogP contribution in [0.15, 0.2) is 0 Å². The molecule has 0 aliphatic carbocycles. The summed E-state index contributed by atoms with van der Waals surface area (Å²) in [4.78, 5) is 0. The monoisotopic (exact) mass is 179 g/mol. The highest BCUT2D eigenvalue weighted by molar-refractivity contribution is 7.26. The molecule has 0 fully saturated rings. The lowest BCUT2D eigenvalue weighted by Gasteiger charge is -2.00. The maximum absolute atomic E-state index is 5.34. The Morgan fingerprint density at radius 1 is 1.18 bits per heavy atom. The van der Waals surface area contributed by atoms with Crippen LogP contribution in [0, 0.1) is 0 Å². The van der Waals surface area contributed by atoms with Gasteiger partial charge in [-0.2, -0.15) is 0 Å². The second-order valence-corrected chi connectivity index (χ2v) is 3.20. The Morgan fingerprint density at radius 3 is 2.55 bits per heavy atom. The van der Waals surface area contributed by atoms with Crippen molar-refractivity contribution in [3.8, 4) is 0 Å². The van der Waals surface area contributed by atoms with Crippen LogP contribution < -0.4 is 5.73 Å². The van der Waals surface area contributed by atoms with E-state index in [2.05, 4.69) is 0 Å². The third kappa shape index (κ3) is 10.3. The summed E-state index contributed by atoms with van der Waals surface area (Å²) in [5.74, 6) is 0. The first kappa shape index (κ1) is 11.3. The Kier molecular flexibility index (Phi) is 10.6. The minimum atomic E-state index is 0.202. The first-order valence-electron chi connectivity index (χ1n) is 4.01. The molecular formula is C7H18NO2P. The van der Waals surface area contributed by atoms with Gasteiger partial charge < -0.3 is 14.8 Å². The summed E-state index contributed by atoms with van der Waals surface area (Å²) in [6.07, 6.45) is 4.68. The SMILES string of the molecule is COPOCCCCCCN. The van der Waals surface area contributed by atoms with E-state index in [1.54, 1.807) is 7.11 Å². The average Bonchev–Trinajstić information content (AvgIpc) is 2.03. The predicted octanol–water partition coefficient (Wildman–Crippen LogP) is 1.68. The molecule has 0 radical (unpaired) electrons. The Labute approximate surface area is 70.6 Å². The molecule has 0 bridgehead atoms. The fraction of sp³-hybridized carbons (Fsp3) is 1.00. The normalized spacial score (nSPS) is 11.5. The third-order valence-corrected chi connectivity index (χ3v) is 1.83. The van der Waals surface area contributed by atoms with Crippen LogP contribution >= 0.6 is 9.03 Å². The van der Waals surface area contributed by atoms with Crippen LogP contribution in [0.4, 0.5) is 0 Å². The molecule has 0 heterocycles. The molecule has 3 nitrogen and oxygen atoms in total. The van der Waals surface area contributed by atoms with Gasteiger partial charge in [0.05, 0.1) is 6.61 Å². The quantitative estimate of drug-likeness (QED) is 0.455. The first-order chi connectivity index (χ1) is 5.41. The van der Waals surface area contributed by atoms with Crippen molar-refractivity contribution in [1.29, 1.82) is 0 Å². The maximum atomic E-state index is 5.34. The van der Waals surface area contributed by atoms with Crippen LogP contribution in [-0.4, -0.2) is 20.3 Å². The van der Waals surface area contributed by atoms with Crippen LogP contribution in [0.1, 0.15) is 25.7 Å². The molecule has 68 valence electrons. The van der Waals surface area contributed by atoms with Crippen molar-refractivity contribution >= 4 is 9.03 Å². The molecule has 0 aromatic heterocycles. The van der Waals surface area contributed by atoms with Gasteiger partial charge in [0.2, 0.25) is 0 Å².